The number of amides is 1. The van der Waals surface area contributed by atoms with Crippen molar-refractivity contribution in [2.75, 3.05) is 12.4 Å². The summed E-state index contributed by atoms with van der Waals surface area (Å²) in [5.41, 5.74) is 2.94. The van der Waals surface area contributed by atoms with Crippen molar-refractivity contribution in [1.82, 2.24) is 14.9 Å². The minimum atomic E-state index is -3.60. The average Bonchev–Trinajstić information content (AvgIpc) is 3.17. The van der Waals surface area contributed by atoms with E-state index in [1.807, 2.05) is 31.2 Å². The number of hydrogen-bond donors (Lipinski definition) is 2. The molecular formula is C20H22N4O4S. The number of carbonyl (C=O) groups excluding carboxylic acids is 1. The summed E-state index contributed by atoms with van der Waals surface area (Å²) in [6.07, 6.45) is 0.399. The van der Waals surface area contributed by atoms with Crippen LogP contribution in [-0.4, -0.2) is 31.6 Å². The minimum absolute atomic E-state index is 0.123. The molecule has 152 valence electrons. The van der Waals surface area contributed by atoms with E-state index in [9.17, 15) is 13.2 Å². The summed E-state index contributed by atoms with van der Waals surface area (Å²) in [6.45, 7) is 3.68. The Bertz CT molecular complexity index is 1120. The molecule has 0 bridgehead atoms. The van der Waals surface area contributed by atoms with Gasteiger partial charge in [-0.3, -0.25) is 4.79 Å². The molecule has 0 fully saturated rings. The van der Waals surface area contributed by atoms with Gasteiger partial charge in [-0.2, -0.15) is 0 Å². The Morgan fingerprint density at radius 2 is 1.79 bits per heavy atom. The van der Waals surface area contributed by atoms with Gasteiger partial charge in [0.2, 0.25) is 27.7 Å². The van der Waals surface area contributed by atoms with E-state index in [2.05, 4.69) is 20.2 Å². The van der Waals surface area contributed by atoms with Crippen LogP contribution in [0.4, 0.5) is 5.69 Å². The predicted octanol–water partition coefficient (Wildman–Crippen LogP) is 2.83. The number of aromatic nitrogens is 2. The third-order valence-corrected chi connectivity index (χ3v) is 5.92. The Morgan fingerprint density at radius 1 is 1.07 bits per heavy atom. The van der Waals surface area contributed by atoms with Gasteiger partial charge in [0, 0.05) is 24.1 Å². The first kappa shape index (κ1) is 20.7. The summed E-state index contributed by atoms with van der Waals surface area (Å²) >= 11 is 0. The number of aryl methyl sites for hydroxylation is 3. The molecule has 0 unspecified atom stereocenters. The quantitative estimate of drug-likeness (QED) is 0.614. The Labute approximate surface area is 169 Å². The fraction of sp³-hybridized carbons (Fsp3) is 0.250. The average molecular weight is 414 g/mol. The zero-order valence-electron chi connectivity index (χ0n) is 16.4. The van der Waals surface area contributed by atoms with Gasteiger partial charge in [0.25, 0.3) is 0 Å². The molecule has 1 aromatic heterocycles. The molecule has 1 heterocycles. The molecule has 0 saturated carbocycles. The molecular weight excluding hydrogens is 392 g/mol. The molecule has 3 aromatic rings. The maximum Gasteiger partial charge on any atom is 0.247 e. The number of anilines is 1. The van der Waals surface area contributed by atoms with Gasteiger partial charge in [0.15, 0.2) is 0 Å². The molecule has 0 spiro atoms. The highest BCUT2D eigenvalue weighted by Crippen LogP contribution is 2.21. The number of benzene rings is 2. The standard InChI is InChI=1S/C20H22N4O4S/c1-13-4-7-15(8-5-13)20-24-23-19(28-20)11-10-18(25)22-16-9-6-14(2)17(12-16)29(26,27)21-3/h4-9,12,21H,10-11H2,1-3H3,(H,22,25). The molecule has 1 amide bonds. The lowest BCUT2D eigenvalue weighted by Crippen LogP contribution is -2.20. The van der Waals surface area contributed by atoms with Crippen molar-refractivity contribution in [2.45, 2.75) is 31.6 Å². The Kier molecular flexibility index (Phi) is 6.09. The van der Waals surface area contributed by atoms with Crippen molar-refractivity contribution in [3.8, 4) is 11.5 Å². The number of rotatable bonds is 7. The van der Waals surface area contributed by atoms with Crippen LogP contribution in [0.2, 0.25) is 0 Å². The molecule has 0 saturated heterocycles. The van der Waals surface area contributed by atoms with E-state index >= 15 is 0 Å². The van der Waals surface area contributed by atoms with Crippen LogP contribution in [-0.2, 0) is 21.2 Å². The number of nitrogens with zero attached hydrogens (tertiary/aromatic N) is 2. The lowest BCUT2D eigenvalue weighted by molar-refractivity contribution is -0.116. The molecule has 8 nitrogen and oxygen atoms in total. The third-order valence-electron chi connectivity index (χ3n) is 4.36. The summed E-state index contributed by atoms with van der Waals surface area (Å²) in [4.78, 5) is 12.4. The van der Waals surface area contributed by atoms with E-state index in [1.165, 1.54) is 13.1 Å². The Hall–Kier alpha value is -3.04. The number of hydrogen-bond acceptors (Lipinski definition) is 6. The fourth-order valence-electron chi connectivity index (χ4n) is 2.69. The first-order valence-electron chi connectivity index (χ1n) is 9.02. The van der Waals surface area contributed by atoms with Gasteiger partial charge >= 0.3 is 0 Å². The lowest BCUT2D eigenvalue weighted by atomic mass is 10.1. The SMILES string of the molecule is CNS(=O)(=O)c1cc(NC(=O)CCc2nnc(-c3ccc(C)cc3)o2)ccc1C. The lowest BCUT2D eigenvalue weighted by Gasteiger charge is -2.10. The molecule has 29 heavy (non-hydrogen) atoms. The van der Waals surface area contributed by atoms with Gasteiger partial charge in [-0.05, 0) is 50.7 Å². The summed E-state index contributed by atoms with van der Waals surface area (Å²) in [6, 6.07) is 12.4. The first-order chi connectivity index (χ1) is 13.8. The largest absolute Gasteiger partial charge is 0.421 e. The van der Waals surface area contributed by atoms with Gasteiger partial charge in [0.1, 0.15) is 0 Å². The molecule has 0 aliphatic rings. The van der Waals surface area contributed by atoms with Crippen molar-refractivity contribution in [3.63, 3.8) is 0 Å². The molecule has 2 aromatic carbocycles. The van der Waals surface area contributed by atoms with Crippen LogP contribution < -0.4 is 10.0 Å². The van der Waals surface area contributed by atoms with Crippen LogP contribution in [0.15, 0.2) is 51.8 Å². The van der Waals surface area contributed by atoms with E-state index < -0.39 is 10.0 Å². The topological polar surface area (TPSA) is 114 Å². The highest BCUT2D eigenvalue weighted by atomic mass is 32.2. The van der Waals surface area contributed by atoms with Crippen LogP contribution >= 0.6 is 0 Å². The third kappa shape index (κ3) is 5.07. The second kappa shape index (κ2) is 8.54. The fourth-order valence-corrected chi connectivity index (χ4v) is 3.68. The molecule has 0 aliphatic heterocycles. The Balaban J connectivity index is 1.62. The second-order valence-electron chi connectivity index (χ2n) is 6.60. The van der Waals surface area contributed by atoms with Crippen LogP contribution in [0.1, 0.15) is 23.4 Å². The van der Waals surface area contributed by atoms with Crippen molar-refractivity contribution < 1.29 is 17.6 Å². The first-order valence-corrected chi connectivity index (χ1v) is 10.5. The highest BCUT2D eigenvalue weighted by Gasteiger charge is 2.16. The van der Waals surface area contributed by atoms with Crippen molar-refractivity contribution in [2.24, 2.45) is 0 Å². The maximum atomic E-state index is 12.2. The van der Waals surface area contributed by atoms with Crippen LogP contribution in [0.25, 0.3) is 11.5 Å². The number of carbonyl (C=O) groups is 1. The molecule has 0 aliphatic carbocycles. The molecule has 0 atom stereocenters. The molecule has 3 rings (SSSR count). The smallest absolute Gasteiger partial charge is 0.247 e. The van der Waals surface area contributed by atoms with Gasteiger partial charge < -0.3 is 9.73 Å². The van der Waals surface area contributed by atoms with E-state index in [0.29, 0.717) is 23.0 Å². The van der Waals surface area contributed by atoms with E-state index in [4.69, 9.17) is 4.42 Å². The van der Waals surface area contributed by atoms with Crippen molar-refractivity contribution in [1.29, 1.82) is 0 Å². The minimum Gasteiger partial charge on any atom is -0.421 e. The van der Waals surface area contributed by atoms with Gasteiger partial charge in [0.05, 0.1) is 4.90 Å². The maximum absolute atomic E-state index is 12.2. The molecule has 0 radical (unpaired) electrons. The zero-order valence-corrected chi connectivity index (χ0v) is 17.2. The van der Waals surface area contributed by atoms with Crippen LogP contribution in [0, 0.1) is 13.8 Å². The van der Waals surface area contributed by atoms with Crippen LogP contribution in [0.5, 0.6) is 0 Å². The van der Waals surface area contributed by atoms with E-state index in [0.717, 1.165) is 11.1 Å². The predicted molar refractivity (Wildman–Crippen MR) is 109 cm³/mol. The number of sulfonamides is 1. The normalized spacial score (nSPS) is 11.4. The van der Waals surface area contributed by atoms with E-state index in [-0.39, 0.29) is 23.6 Å². The highest BCUT2D eigenvalue weighted by molar-refractivity contribution is 7.89. The second-order valence-corrected chi connectivity index (χ2v) is 8.46. The monoisotopic (exact) mass is 414 g/mol. The van der Waals surface area contributed by atoms with Crippen molar-refractivity contribution >= 4 is 21.6 Å². The van der Waals surface area contributed by atoms with Gasteiger partial charge in [-0.1, -0.05) is 23.8 Å². The van der Waals surface area contributed by atoms with Crippen LogP contribution in [0.3, 0.4) is 0 Å². The molecule has 9 heteroatoms. The molecule has 2 N–H and O–H groups in total. The summed E-state index contributed by atoms with van der Waals surface area (Å²) in [5.74, 6) is 0.482. The summed E-state index contributed by atoms with van der Waals surface area (Å²) < 4.78 is 32.0. The summed E-state index contributed by atoms with van der Waals surface area (Å²) in [7, 11) is -2.26. The Morgan fingerprint density at radius 3 is 2.48 bits per heavy atom. The van der Waals surface area contributed by atoms with Gasteiger partial charge in [-0.15, -0.1) is 10.2 Å². The van der Waals surface area contributed by atoms with E-state index in [1.54, 1.807) is 19.1 Å². The number of nitrogens with one attached hydrogen (secondary N) is 2. The summed E-state index contributed by atoms with van der Waals surface area (Å²) in [5, 5.41) is 10.7. The van der Waals surface area contributed by atoms with Gasteiger partial charge in [-0.25, -0.2) is 13.1 Å². The van der Waals surface area contributed by atoms with Crippen molar-refractivity contribution in [3.05, 3.63) is 59.5 Å². The zero-order chi connectivity index (χ0) is 21.0.